The van der Waals surface area contributed by atoms with E-state index in [0.29, 0.717) is 6.42 Å². The quantitative estimate of drug-likeness (QED) is 0.658. The predicted molar refractivity (Wildman–Crippen MR) is 44.7 cm³/mol. The Morgan fingerprint density at radius 2 is 2.42 bits per heavy atom. The summed E-state index contributed by atoms with van der Waals surface area (Å²) in [5.41, 5.74) is 0. The van der Waals surface area contributed by atoms with E-state index in [4.69, 9.17) is 10.2 Å². The Morgan fingerprint density at radius 1 is 1.67 bits per heavy atom. The van der Waals surface area contributed by atoms with Gasteiger partial charge < -0.3 is 14.8 Å². The SMILES string of the molecule is CCn1ccnc1CC(O)CO. The molecule has 4 heteroatoms. The minimum atomic E-state index is -0.697. The molecule has 0 amide bonds. The highest BCUT2D eigenvalue weighted by molar-refractivity contribution is 4.93. The van der Waals surface area contributed by atoms with Crippen LogP contribution in [-0.4, -0.2) is 32.5 Å². The number of aliphatic hydroxyl groups excluding tert-OH is 2. The molecule has 0 bridgehead atoms. The van der Waals surface area contributed by atoms with Crippen LogP contribution in [0.25, 0.3) is 0 Å². The van der Waals surface area contributed by atoms with Crippen molar-refractivity contribution in [2.45, 2.75) is 26.0 Å². The molecule has 0 aliphatic carbocycles. The van der Waals surface area contributed by atoms with Crippen molar-refractivity contribution >= 4 is 0 Å². The minimum Gasteiger partial charge on any atom is -0.394 e. The Kier molecular flexibility index (Phi) is 3.25. The molecule has 1 aromatic rings. The molecule has 4 nitrogen and oxygen atoms in total. The number of aliphatic hydroxyl groups is 2. The van der Waals surface area contributed by atoms with E-state index >= 15 is 0 Å². The molecule has 1 rings (SSSR count). The lowest BCUT2D eigenvalue weighted by Gasteiger charge is -2.07. The highest BCUT2D eigenvalue weighted by atomic mass is 16.3. The summed E-state index contributed by atoms with van der Waals surface area (Å²) < 4.78 is 1.94. The van der Waals surface area contributed by atoms with Crippen LogP contribution in [0.2, 0.25) is 0 Å². The molecule has 0 radical (unpaired) electrons. The third kappa shape index (κ3) is 2.06. The molecule has 0 fully saturated rings. The Labute approximate surface area is 71.5 Å². The summed E-state index contributed by atoms with van der Waals surface area (Å²) >= 11 is 0. The standard InChI is InChI=1S/C8H14N2O2/c1-2-10-4-3-9-8(10)5-7(12)6-11/h3-4,7,11-12H,2,5-6H2,1H3. The molecule has 1 atom stereocenters. The van der Waals surface area contributed by atoms with Gasteiger partial charge in [0.25, 0.3) is 0 Å². The average Bonchev–Trinajstić information content (AvgIpc) is 2.51. The van der Waals surface area contributed by atoms with Gasteiger partial charge in [0.05, 0.1) is 12.7 Å². The van der Waals surface area contributed by atoms with E-state index in [1.54, 1.807) is 6.20 Å². The highest BCUT2D eigenvalue weighted by Gasteiger charge is 2.07. The van der Waals surface area contributed by atoms with Gasteiger partial charge in [-0.1, -0.05) is 0 Å². The number of rotatable bonds is 4. The Morgan fingerprint density at radius 3 is 3.00 bits per heavy atom. The van der Waals surface area contributed by atoms with Gasteiger partial charge in [-0.15, -0.1) is 0 Å². The van der Waals surface area contributed by atoms with E-state index in [-0.39, 0.29) is 6.61 Å². The van der Waals surface area contributed by atoms with Gasteiger partial charge in [0, 0.05) is 25.4 Å². The van der Waals surface area contributed by atoms with Gasteiger partial charge in [0.15, 0.2) is 0 Å². The zero-order chi connectivity index (χ0) is 8.97. The number of imidazole rings is 1. The van der Waals surface area contributed by atoms with Crippen molar-refractivity contribution in [1.82, 2.24) is 9.55 Å². The van der Waals surface area contributed by atoms with E-state index < -0.39 is 6.10 Å². The van der Waals surface area contributed by atoms with Crippen molar-refractivity contribution in [2.75, 3.05) is 6.61 Å². The van der Waals surface area contributed by atoms with Gasteiger partial charge in [-0.25, -0.2) is 4.98 Å². The van der Waals surface area contributed by atoms with E-state index in [2.05, 4.69) is 4.98 Å². The molecule has 0 spiro atoms. The summed E-state index contributed by atoms with van der Waals surface area (Å²) in [7, 11) is 0. The monoisotopic (exact) mass is 170 g/mol. The second-order valence-corrected chi connectivity index (χ2v) is 2.67. The minimum absolute atomic E-state index is 0.212. The fraction of sp³-hybridized carbons (Fsp3) is 0.625. The maximum absolute atomic E-state index is 9.15. The fourth-order valence-corrected chi connectivity index (χ4v) is 1.09. The first-order chi connectivity index (χ1) is 5.77. The molecule has 0 saturated heterocycles. The largest absolute Gasteiger partial charge is 0.394 e. The third-order valence-electron chi connectivity index (χ3n) is 1.77. The van der Waals surface area contributed by atoms with Crippen LogP contribution in [-0.2, 0) is 13.0 Å². The molecule has 0 aromatic carbocycles. The van der Waals surface area contributed by atoms with E-state index in [9.17, 15) is 0 Å². The summed E-state index contributed by atoms with van der Waals surface area (Å²) in [5, 5.41) is 17.8. The number of nitrogens with zero attached hydrogens (tertiary/aromatic N) is 2. The van der Waals surface area contributed by atoms with Crippen molar-refractivity contribution in [3.63, 3.8) is 0 Å². The Hall–Kier alpha value is -0.870. The molecule has 1 unspecified atom stereocenters. The van der Waals surface area contributed by atoms with Gasteiger partial charge >= 0.3 is 0 Å². The van der Waals surface area contributed by atoms with Gasteiger partial charge in [-0.3, -0.25) is 0 Å². The molecule has 1 heterocycles. The number of aromatic nitrogens is 2. The van der Waals surface area contributed by atoms with Gasteiger partial charge in [-0.05, 0) is 6.92 Å². The van der Waals surface area contributed by atoms with Crippen LogP contribution in [0, 0.1) is 0 Å². The summed E-state index contributed by atoms with van der Waals surface area (Å²) in [6.45, 7) is 2.64. The maximum atomic E-state index is 9.15. The second-order valence-electron chi connectivity index (χ2n) is 2.67. The number of aryl methyl sites for hydroxylation is 1. The van der Waals surface area contributed by atoms with Crippen LogP contribution in [0.4, 0.5) is 0 Å². The topological polar surface area (TPSA) is 58.3 Å². The second kappa shape index (κ2) is 4.23. The third-order valence-corrected chi connectivity index (χ3v) is 1.77. The van der Waals surface area contributed by atoms with Crippen molar-refractivity contribution < 1.29 is 10.2 Å². The average molecular weight is 170 g/mol. The Bertz CT molecular complexity index is 235. The van der Waals surface area contributed by atoms with Gasteiger partial charge in [-0.2, -0.15) is 0 Å². The van der Waals surface area contributed by atoms with Crippen molar-refractivity contribution in [3.05, 3.63) is 18.2 Å². The molecule has 68 valence electrons. The first-order valence-electron chi connectivity index (χ1n) is 4.06. The van der Waals surface area contributed by atoms with Crippen LogP contribution in [0.15, 0.2) is 12.4 Å². The summed E-state index contributed by atoms with van der Waals surface area (Å²) in [4.78, 5) is 4.07. The molecule has 0 saturated carbocycles. The van der Waals surface area contributed by atoms with E-state index in [0.717, 1.165) is 12.4 Å². The Balaban J connectivity index is 2.61. The first kappa shape index (κ1) is 9.22. The molecule has 0 aliphatic heterocycles. The molecular formula is C8H14N2O2. The van der Waals surface area contributed by atoms with Crippen LogP contribution >= 0.6 is 0 Å². The van der Waals surface area contributed by atoms with Crippen LogP contribution in [0.5, 0.6) is 0 Å². The normalized spacial score (nSPS) is 13.2. The predicted octanol–water partition coefficient (Wildman–Crippen LogP) is -0.201. The van der Waals surface area contributed by atoms with Crippen LogP contribution in [0.1, 0.15) is 12.7 Å². The molecular weight excluding hydrogens is 156 g/mol. The van der Waals surface area contributed by atoms with Crippen molar-refractivity contribution in [2.24, 2.45) is 0 Å². The lowest BCUT2D eigenvalue weighted by molar-refractivity contribution is 0.0932. The lowest BCUT2D eigenvalue weighted by Crippen LogP contribution is -2.18. The molecule has 12 heavy (non-hydrogen) atoms. The van der Waals surface area contributed by atoms with Crippen LogP contribution < -0.4 is 0 Å². The smallest absolute Gasteiger partial charge is 0.111 e. The number of hydrogen-bond donors (Lipinski definition) is 2. The molecule has 1 aromatic heterocycles. The lowest BCUT2D eigenvalue weighted by atomic mass is 10.2. The zero-order valence-corrected chi connectivity index (χ0v) is 7.14. The number of hydrogen-bond acceptors (Lipinski definition) is 3. The summed E-state index contributed by atoms with van der Waals surface area (Å²) in [5.74, 6) is 0.819. The molecule has 2 N–H and O–H groups in total. The maximum Gasteiger partial charge on any atom is 0.111 e. The molecule has 0 aliphatic rings. The summed E-state index contributed by atoms with van der Waals surface area (Å²) in [6.07, 6.45) is 3.28. The van der Waals surface area contributed by atoms with Gasteiger partial charge in [0.1, 0.15) is 5.82 Å². The van der Waals surface area contributed by atoms with Crippen molar-refractivity contribution in [1.29, 1.82) is 0 Å². The zero-order valence-electron chi connectivity index (χ0n) is 7.14. The highest BCUT2D eigenvalue weighted by Crippen LogP contribution is 2.01. The van der Waals surface area contributed by atoms with E-state index in [1.165, 1.54) is 0 Å². The van der Waals surface area contributed by atoms with E-state index in [1.807, 2.05) is 17.7 Å². The fourth-order valence-electron chi connectivity index (χ4n) is 1.09. The summed E-state index contributed by atoms with van der Waals surface area (Å²) in [6, 6.07) is 0. The van der Waals surface area contributed by atoms with Gasteiger partial charge in [0.2, 0.25) is 0 Å². The first-order valence-corrected chi connectivity index (χ1v) is 4.06. The van der Waals surface area contributed by atoms with Crippen molar-refractivity contribution in [3.8, 4) is 0 Å². The van der Waals surface area contributed by atoms with Crippen LogP contribution in [0.3, 0.4) is 0 Å².